The molecule has 1 atom stereocenters. The smallest absolute Gasteiger partial charge is 0.305 e. The Balaban J connectivity index is 2.27. The number of carbonyl (C=O) groups excluding carboxylic acids is 1. The molecule has 2 N–H and O–H groups in total. The first kappa shape index (κ1) is 15.4. The summed E-state index contributed by atoms with van der Waals surface area (Å²) in [7, 11) is 0. The minimum atomic E-state index is -0.884. The molecule has 1 aliphatic heterocycles. The number of anilines is 1. The lowest BCUT2D eigenvalue weighted by atomic mass is 9.96. The average Bonchev–Trinajstić information content (AvgIpc) is 2.46. The van der Waals surface area contributed by atoms with E-state index in [1.54, 1.807) is 11.8 Å². The highest BCUT2D eigenvalue weighted by molar-refractivity contribution is 5.97. The van der Waals surface area contributed by atoms with Crippen LogP contribution in [0.4, 0.5) is 5.69 Å². The molecule has 1 aromatic rings. The second-order valence-corrected chi connectivity index (χ2v) is 5.40. The number of carbonyl (C=O) groups is 2. The summed E-state index contributed by atoms with van der Waals surface area (Å²) >= 11 is 0. The fourth-order valence-electron chi connectivity index (χ4n) is 2.88. The zero-order chi connectivity index (χ0) is 15.4. The second-order valence-electron chi connectivity index (χ2n) is 5.40. The van der Waals surface area contributed by atoms with Gasteiger partial charge in [-0.3, -0.25) is 9.59 Å². The van der Waals surface area contributed by atoms with Crippen molar-refractivity contribution in [2.24, 2.45) is 0 Å². The molecule has 1 unspecified atom stereocenters. The van der Waals surface area contributed by atoms with Crippen LogP contribution in [0.5, 0.6) is 0 Å². The summed E-state index contributed by atoms with van der Waals surface area (Å²) in [6.07, 6.45) is 1.86. The van der Waals surface area contributed by atoms with Crippen LogP contribution in [0.25, 0.3) is 0 Å². The SMILES string of the molecule is CCN(C(=O)c1cccc2c1CCCN2)C(C)CC(=O)O. The van der Waals surface area contributed by atoms with E-state index in [4.69, 9.17) is 5.11 Å². The van der Waals surface area contributed by atoms with Crippen LogP contribution < -0.4 is 5.32 Å². The number of hydrogen-bond donors (Lipinski definition) is 2. The van der Waals surface area contributed by atoms with Crippen LogP contribution in [0.1, 0.15) is 42.6 Å². The van der Waals surface area contributed by atoms with Gasteiger partial charge < -0.3 is 15.3 Å². The molecule has 114 valence electrons. The summed E-state index contributed by atoms with van der Waals surface area (Å²) in [5, 5.41) is 12.2. The monoisotopic (exact) mass is 290 g/mol. The molecule has 0 saturated carbocycles. The molecule has 0 spiro atoms. The largest absolute Gasteiger partial charge is 0.481 e. The third kappa shape index (κ3) is 3.35. The van der Waals surface area contributed by atoms with E-state index in [2.05, 4.69) is 5.32 Å². The Hall–Kier alpha value is -2.04. The molecule has 2 rings (SSSR count). The third-order valence-corrected chi connectivity index (χ3v) is 3.93. The van der Waals surface area contributed by atoms with Crippen LogP contribution in [0.2, 0.25) is 0 Å². The number of nitrogens with zero attached hydrogens (tertiary/aromatic N) is 1. The molecule has 1 heterocycles. The van der Waals surface area contributed by atoms with Crippen LogP contribution in [0.3, 0.4) is 0 Å². The van der Waals surface area contributed by atoms with Crippen molar-refractivity contribution in [1.29, 1.82) is 0 Å². The standard InChI is InChI=1S/C16H22N2O3/c1-3-18(11(2)10-15(19)20)16(21)13-6-4-8-14-12(13)7-5-9-17-14/h4,6,8,11,17H,3,5,7,9-10H2,1-2H3,(H,19,20). The van der Waals surface area contributed by atoms with Gasteiger partial charge >= 0.3 is 5.97 Å². The predicted octanol–water partition coefficient (Wildman–Crippen LogP) is 2.37. The van der Waals surface area contributed by atoms with Gasteiger partial charge in [0.25, 0.3) is 5.91 Å². The molecule has 0 fully saturated rings. The Kier molecular flexibility index (Phi) is 4.83. The molecule has 21 heavy (non-hydrogen) atoms. The van der Waals surface area contributed by atoms with Crippen molar-refractivity contribution >= 4 is 17.6 Å². The van der Waals surface area contributed by atoms with Crippen molar-refractivity contribution in [3.05, 3.63) is 29.3 Å². The second kappa shape index (κ2) is 6.61. The van der Waals surface area contributed by atoms with E-state index < -0.39 is 5.97 Å². The van der Waals surface area contributed by atoms with Crippen LogP contribution in [0, 0.1) is 0 Å². The summed E-state index contributed by atoms with van der Waals surface area (Å²) in [6, 6.07) is 5.39. The van der Waals surface area contributed by atoms with E-state index in [1.165, 1.54) is 0 Å². The van der Waals surface area contributed by atoms with E-state index >= 15 is 0 Å². The van der Waals surface area contributed by atoms with Gasteiger partial charge in [-0.2, -0.15) is 0 Å². The Morgan fingerprint density at radius 2 is 2.19 bits per heavy atom. The van der Waals surface area contributed by atoms with Gasteiger partial charge in [-0.15, -0.1) is 0 Å². The Labute approximate surface area is 125 Å². The maximum Gasteiger partial charge on any atom is 0.305 e. The maximum atomic E-state index is 12.8. The molecule has 0 bridgehead atoms. The first-order chi connectivity index (χ1) is 10.0. The highest BCUT2D eigenvalue weighted by Crippen LogP contribution is 2.26. The summed E-state index contributed by atoms with van der Waals surface area (Å²) in [6.45, 7) is 5.09. The van der Waals surface area contributed by atoms with Crippen molar-refractivity contribution in [1.82, 2.24) is 4.90 Å². The molecule has 1 aliphatic rings. The number of benzene rings is 1. The van der Waals surface area contributed by atoms with Gasteiger partial charge in [0.05, 0.1) is 6.42 Å². The minimum absolute atomic E-state index is 0.0349. The van der Waals surface area contributed by atoms with Gasteiger partial charge in [-0.1, -0.05) is 6.07 Å². The number of aliphatic carboxylic acids is 1. The summed E-state index contributed by atoms with van der Waals surface area (Å²) in [5.41, 5.74) is 2.77. The van der Waals surface area contributed by atoms with Crippen molar-refractivity contribution in [2.45, 2.75) is 39.2 Å². The normalized spacial score (nSPS) is 14.8. The Bertz CT molecular complexity index is 542. The van der Waals surface area contributed by atoms with Crippen LogP contribution in [0.15, 0.2) is 18.2 Å². The van der Waals surface area contributed by atoms with Crippen molar-refractivity contribution < 1.29 is 14.7 Å². The van der Waals surface area contributed by atoms with Gasteiger partial charge in [0, 0.05) is 30.4 Å². The topological polar surface area (TPSA) is 69.6 Å². The number of nitrogens with one attached hydrogen (secondary N) is 1. The third-order valence-electron chi connectivity index (χ3n) is 3.93. The fraction of sp³-hybridized carbons (Fsp3) is 0.500. The number of rotatable bonds is 5. The average molecular weight is 290 g/mol. The molecular weight excluding hydrogens is 268 g/mol. The van der Waals surface area contributed by atoms with E-state index in [-0.39, 0.29) is 18.4 Å². The van der Waals surface area contributed by atoms with Gasteiger partial charge in [0.15, 0.2) is 0 Å². The number of fused-ring (bicyclic) bond motifs is 1. The van der Waals surface area contributed by atoms with Gasteiger partial charge in [0.1, 0.15) is 0 Å². The lowest BCUT2D eigenvalue weighted by Gasteiger charge is -2.29. The number of carboxylic acids is 1. The van der Waals surface area contributed by atoms with E-state index in [0.29, 0.717) is 12.1 Å². The zero-order valence-corrected chi connectivity index (χ0v) is 12.6. The van der Waals surface area contributed by atoms with Gasteiger partial charge in [0.2, 0.25) is 0 Å². The summed E-state index contributed by atoms with van der Waals surface area (Å²) < 4.78 is 0. The molecule has 5 nitrogen and oxygen atoms in total. The molecule has 0 radical (unpaired) electrons. The first-order valence-corrected chi connectivity index (χ1v) is 7.43. The summed E-state index contributed by atoms with van der Waals surface area (Å²) in [5.74, 6) is -0.961. The molecule has 0 aromatic heterocycles. The van der Waals surface area contributed by atoms with Crippen molar-refractivity contribution in [2.75, 3.05) is 18.4 Å². The Morgan fingerprint density at radius 3 is 2.86 bits per heavy atom. The zero-order valence-electron chi connectivity index (χ0n) is 12.6. The lowest BCUT2D eigenvalue weighted by Crippen LogP contribution is -2.40. The van der Waals surface area contributed by atoms with Gasteiger partial charge in [-0.25, -0.2) is 0 Å². The molecule has 5 heteroatoms. The van der Waals surface area contributed by atoms with Crippen molar-refractivity contribution in [3.63, 3.8) is 0 Å². The first-order valence-electron chi connectivity index (χ1n) is 7.43. The fourth-order valence-corrected chi connectivity index (χ4v) is 2.88. The van der Waals surface area contributed by atoms with E-state index in [0.717, 1.165) is 30.6 Å². The quantitative estimate of drug-likeness (QED) is 0.873. The molecule has 0 saturated heterocycles. The molecule has 1 aromatic carbocycles. The van der Waals surface area contributed by atoms with Crippen LogP contribution >= 0.6 is 0 Å². The van der Waals surface area contributed by atoms with Crippen molar-refractivity contribution in [3.8, 4) is 0 Å². The highest BCUT2D eigenvalue weighted by Gasteiger charge is 2.25. The summed E-state index contributed by atoms with van der Waals surface area (Å²) in [4.78, 5) is 25.3. The molecule has 0 aliphatic carbocycles. The maximum absolute atomic E-state index is 12.8. The number of hydrogen-bond acceptors (Lipinski definition) is 3. The highest BCUT2D eigenvalue weighted by atomic mass is 16.4. The lowest BCUT2D eigenvalue weighted by molar-refractivity contribution is -0.138. The molecule has 1 amide bonds. The van der Waals surface area contributed by atoms with Crippen LogP contribution in [-0.2, 0) is 11.2 Å². The van der Waals surface area contributed by atoms with Gasteiger partial charge in [-0.05, 0) is 44.4 Å². The van der Waals surface area contributed by atoms with E-state index in [9.17, 15) is 9.59 Å². The number of amides is 1. The number of carboxylic acid groups (broad SMARTS) is 1. The Morgan fingerprint density at radius 1 is 1.43 bits per heavy atom. The molecular formula is C16H22N2O3. The predicted molar refractivity (Wildman–Crippen MR) is 81.7 cm³/mol. The van der Waals surface area contributed by atoms with Crippen LogP contribution in [-0.4, -0.2) is 41.0 Å². The minimum Gasteiger partial charge on any atom is -0.481 e. The van der Waals surface area contributed by atoms with E-state index in [1.807, 2.05) is 25.1 Å².